The standard InChI is InChI=1S/C37H74/c1-25(2)28(5)35(21)29(6)36(35,27(4)24-34(19,20)30(7,8)9)22-26(3)23-37(31(10,11)12,32(13,14)15)33(16,17)18/h25-29H,22-24H2,1-21H3/t26-,27-,28+,29+,35-,36?/m1/s1. The molecule has 6 atom stereocenters. The molecule has 0 bridgehead atoms. The molecule has 0 N–H and O–H groups in total. The Labute approximate surface area is 237 Å². The highest BCUT2D eigenvalue weighted by Crippen LogP contribution is 2.80. The summed E-state index contributed by atoms with van der Waals surface area (Å²) in [4.78, 5) is 0. The normalized spacial score (nSPS) is 28.9. The lowest BCUT2D eigenvalue weighted by Crippen LogP contribution is -2.55. The largest absolute Gasteiger partial charge is 0.0625 e. The van der Waals surface area contributed by atoms with E-state index in [1.807, 2.05) is 0 Å². The average Bonchev–Trinajstić information content (AvgIpc) is 3.10. The highest BCUT2D eigenvalue weighted by atomic mass is 14.8. The van der Waals surface area contributed by atoms with Gasteiger partial charge in [-0.05, 0) is 92.2 Å². The summed E-state index contributed by atoms with van der Waals surface area (Å²) in [6, 6.07) is 0. The zero-order chi connectivity index (χ0) is 30.0. The smallest absolute Gasteiger partial charge is 0.0149 e. The van der Waals surface area contributed by atoms with Crippen LogP contribution in [0.1, 0.15) is 165 Å². The van der Waals surface area contributed by atoms with E-state index in [1.165, 1.54) is 19.3 Å². The summed E-state index contributed by atoms with van der Waals surface area (Å²) in [5.74, 6) is 3.66. The van der Waals surface area contributed by atoms with Crippen molar-refractivity contribution in [2.75, 3.05) is 0 Å². The second kappa shape index (κ2) is 10.1. The van der Waals surface area contributed by atoms with Gasteiger partial charge in [-0.1, -0.05) is 145 Å². The Balaban J connectivity index is 3.64. The minimum atomic E-state index is 0.231. The van der Waals surface area contributed by atoms with E-state index >= 15 is 0 Å². The fourth-order valence-electron chi connectivity index (χ4n) is 10.8. The van der Waals surface area contributed by atoms with Crippen molar-refractivity contribution in [3.8, 4) is 0 Å². The minimum absolute atomic E-state index is 0.231. The molecule has 0 aromatic carbocycles. The van der Waals surface area contributed by atoms with Crippen LogP contribution in [0.5, 0.6) is 0 Å². The molecule has 1 fully saturated rings. The van der Waals surface area contributed by atoms with Gasteiger partial charge >= 0.3 is 0 Å². The van der Waals surface area contributed by atoms with E-state index in [4.69, 9.17) is 0 Å². The number of hydrogen-bond donors (Lipinski definition) is 0. The molecule has 0 aliphatic heterocycles. The first-order chi connectivity index (χ1) is 16.0. The molecule has 1 rings (SSSR count). The molecule has 0 saturated heterocycles. The van der Waals surface area contributed by atoms with Gasteiger partial charge in [0.25, 0.3) is 0 Å². The maximum atomic E-state index is 2.68. The zero-order valence-corrected chi connectivity index (χ0v) is 30.0. The van der Waals surface area contributed by atoms with Crippen molar-refractivity contribution in [2.45, 2.75) is 165 Å². The monoisotopic (exact) mass is 519 g/mol. The Morgan fingerprint density at radius 1 is 0.595 bits per heavy atom. The molecular formula is C37H74. The molecule has 222 valence electrons. The topological polar surface area (TPSA) is 0 Å². The third kappa shape index (κ3) is 5.63. The van der Waals surface area contributed by atoms with E-state index in [9.17, 15) is 0 Å². The number of rotatable bonds is 9. The molecule has 1 aliphatic carbocycles. The van der Waals surface area contributed by atoms with Crippen molar-refractivity contribution in [3.63, 3.8) is 0 Å². The van der Waals surface area contributed by atoms with Crippen LogP contribution in [0.15, 0.2) is 0 Å². The predicted molar refractivity (Wildman–Crippen MR) is 170 cm³/mol. The van der Waals surface area contributed by atoms with Crippen LogP contribution < -0.4 is 0 Å². The molecule has 0 aromatic rings. The quantitative estimate of drug-likeness (QED) is 0.284. The van der Waals surface area contributed by atoms with Crippen LogP contribution in [-0.2, 0) is 0 Å². The highest BCUT2D eigenvalue weighted by Gasteiger charge is 2.74. The maximum Gasteiger partial charge on any atom is -0.0149 e. The molecule has 0 heterocycles. The molecular weight excluding hydrogens is 444 g/mol. The van der Waals surface area contributed by atoms with Gasteiger partial charge in [-0.25, -0.2) is 0 Å². The second-order valence-corrected chi connectivity index (χ2v) is 19.5. The average molecular weight is 519 g/mol. The van der Waals surface area contributed by atoms with Gasteiger partial charge in [0.2, 0.25) is 0 Å². The fraction of sp³-hybridized carbons (Fsp3) is 1.00. The van der Waals surface area contributed by atoms with Crippen LogP contribution in [0.2, 0.25) is 0 Å². The molecule has 0 nitrogen and oxygen atoms in total. The van der Waals surface area contributed by atoms with Gasteiger partial charge in [0.1, 0.15) is 0 Å². The first kappa shape index (κ1) is 35.0. The first-order valence-corrected chi connectivity index (χ1v) is 16.0. The summed E-state index contributed by atoms with van der Waals surface area (Å²) in [7, 11) is 0. The Hall–Kier alpha value is 0. The van der Waals surface area contributed by atoms with Crippen molar-refractivity contribution >= 4 is 0 Å². The third-order valence-corrected chi connectivity index (χ3v) is 13.4. The molecule has 1 aliphatic rings. The van der Waals surface area contributed by atoms with Gasteiger partial charge in [0, 0.05) is 0 Å². The van der Waals surface area contributed by atoms with E-state index in [-0.39, 0.29) is 21.7 Å². The van der Waals surface area contributed by atoms with Crippen molar-refractivity contribution in [1.82, 2.24) is 0 Å². The van der Waals surface area contributed by atoms with Crippen LogP contribution in [0.4, 0.5) is 0 Å². The fourth-order valence-corrected chi connectivity index (χ4v) is 10.8. The summed E-state index contributed by atoms with van der Waals surface area (Å²) in [5.41, 5.74) is 2.39. The summed E-state index contributed by atoms with van der Waals surface area (Å²) in [5, 5.41) is 0. The molecule has 0 aromatic heterocycles. The maximum absolute atomic E-state index is 2.68. The van der Waals surface area contributed by atoms with Crippen molar-refractivity contribution in [2.24, 2.45) is 72.9 Å². The Bertz CT molecular complexity index is 716. The van der Waals surface area contributed by atoms with Crippen LogP contribution in [-0.4, -0.2) is 0 Å². The molecule has 0 spiro atoms. The highest BCUT2D eigenvalue weighted by molar-refractivity contribution is 5.22. The van der Waals surface area contributed by atoms with Gasteiger partial charge in [-0.2, -0.15) is 0 Å². The lowest BCUT2D eigenvalue weighted by Gasteiger charge is -2.62. The van der Waals surface area contributed by atoms with Crippen molar-refractivity contribution in [3.05, 3.63) is 0 Å². The SMILES string of the molecule is CC(C)[C@H](C)[C@]1(C)[C@H](C)C1(C[C@@H](C)CC(C(C)(C)C)(C(C)(C)C)C(C)(C)C)[C@H](C)CC(C)(C)C(C)(C)C. The Morgan fingerprint density at radius 2 is 0.973 bits per heavy atom. The molecule has 1 unspecified atom stereocenters. The molecule has 0 amide bonds. The van der Waals surface area contributed by atoms with Crippen LogP contribution >= 0.6 is 0 Å². The van der Waals surface area contributed by atoms with Gasteiger partial charge in [0.05, 0.1) is 0 Å². The van der Waals surface area contributed by atoms with Crippen LogP contribution in [0, 0.1) is 72.9 Å². The Morgan fingerprint density at radius 3 is 1.27 bits per heavy atom. The minimum Gasteiger partial charge on any atom is -0.0625 e. The zero-order valence-electron chi connectivity index (χ0n) is 30.0. The summed E-state index contributed by atoms with van der Waals surface area (Å²) >= 11 is 0. The Kier molecular flexibility index (Phi) is 9.58. The van der Waals surface area contributed by atoms with Gasteiger partial charge in [0.15, 0.2) is 0 Å². The molecule has 37 heavy (non-hydrogen) atoms. The second-order valence-electron chi connectivity index (χ2n) is 19.5. The first-order valence-electron chi connectivity index (χ1n) is 16.0. The molecule has 0 radical (unpaired) electrons. The lowest BCUT2D eigenvalue weighted by atomic mass is 9.42. The third-order valence-electron chi connectivity index (χ3n) is 13.4. The van der Waals surface area contributed by atoms with Gasteiger partial charge < -0.3 is 0 Å². The van der Waals surface area contributed by atoms with E-state index in [1.54, 1.807) is 0 Å². The van der Waals surface area contributed by atoms with E-state index in [0.717, 1.165) is 23.7 Å². The summed E-state index contributed by atoms with van der Waals surface area (Å²) < 4.78 is 0. The molecule has 0 heteroatoms. The van der Waals surface area contributed by atoms with Crippen molar-refractivity contribution < 1.29 is 0 Å². The summed E-state index contributed by atoms with van der Waals surface area (Å²) in [6.07, 6.45) is 3.99. The predicted octanol–water partition coefficient (Wildman–Crippen LogP) is 12.6. The van der Waals surface area contributed by atoms with Crippen LogP contribution in [0.25, 0.3) is 0 Å². The molecule has 1 saturated carbocycles. The number of hydrogen-bond acceptors (Lipinski definition) is 0. The van der Waals surface area contributed by atoms with Gasteiger partial charge in [-0.15, -0.1) is 0 Å². The van der Waals surface area contributed by atoms with E-state index in [0.29, 0.717) is 27.6 Å². The van der Waals surface area contributed by atoms with E-state index in [2.05, 4.69) is 145 Å². The lowest BCUT2D eigenvalue weighted by molar-refractivity contribution is -0.139. The summed E-state index contributed by atoms with van der Waals surface area (Å²) in [6.45, 7) is 53.1. The van der Waals surface area contributed by atoms with Crippen molar-refractivity contribution in [1.29, 1.82) is 0 Å². The van der Waals surface area contributed by atoms with Crippen LogP contribution in [0.3, 0.4) is 0 Å². The van der Waals surface area contributed by atoms with Gasteiger partial charge in [-0.3, -0.25) is 0 Å². The van der Waals surface area contributed by atoms with E-state index < -0.39 is 0 Å².